The molecule has 0 fully saturated rings. The normalized spacial score (nSPS) is 15.1. The molecule has 1 aliphatic rings. The van der Waals surface area contributed by atoms with Crippen LogP contribution in [0.4, 0.5) is 5.69 Å². The van der Waals surface area contributed by atoms with Crippen LogP contribution in [0.3, 0.4) is 0 Å². The van der Waals surface area contributed by atoms with E-state index in [4.69, 9.17) is 0 Å². The number of aromatic carboxylic acids is 1. The van der Waals surface area contributed by atoms with Gasteiger partial charge in [-0.2, -0.15) is 0 Å². The Hall–Kier alpha value is -3.74. The Morgan fingerprint density at radius 1 is 1.11 bits per heavy atom. The van der Waals surface area contributed by atoms with E-state index in [0.717, 1.165) is 11.1 Å². The summed E-state index contributed by atoms with van der Waals surface area (Å²) in [5, 5.41) is 12.2. The third kappa shape index (κ3) is 3.07. The van der Waals surface area contributed by atoms with Crippen LogP contribution in [0, 0.1) is 0 Å². The van der Waals surface area contributed by atoms with Crippen molar-refractivity contribution < 1.29 is 14.7 Å². The average molecular weight is 375 g/mol. The van der Waals surface area contributed by atoms with Crippen LogP contribution in [0.1, 0.15) is 49.7 Å². The van der Waals surface area contributed by atoms with E-state index in [1.54, 1.807) is 42.7 Å². The topological polar surface area (TPSA) is 112 Å². The number of carbonyl (C=O) groups is 2. The zero-order chi connectivity index (χ0) is 19.7. The number of carboxylic acid groups (broad SMARTS) is 1. The van der Waals surface area contributed by atoms with E-state index < -0.39 is 17.4 Å². The van der Waals surface area contributed by atoms with Gasteiger partial charge in [0.05, 0.1) is 5.56 Å². The van der Waals surface area contributed by atoms with Gasteiger partial charge in [-0.05, 0) is 53.8 Å². The molecule has 3 N–H and O–H groups in total. The highest BCUT2D eigenvalue weighted by Gasteiger charge is 2.31. The number of H-pyrrole nitrogens is 1. The lowest BCUT2D eigenvalue weighted by atomic mass is 9.89. The van der Waals surface area contributed by atoms with E-state index in [1.807, 2.05) is 6.07 Å². The van der Waals surface area contributed by atoms with Gasteiger partial charge < -0.3 is 15.4 Å². The molecule has 2 heterocycles. The maximum atomic E-state index is 12.9. The highest BCUT2D eigenvalue weighted by atomic mass is 16.4. The Kier molecular flexibility index (Phi) is 4.49. The molecule has 1 atom stereocenters. The number of aromatic amines is 1. The molecule has 0 spiro atoms. The number of carbonyl (C=O) groups excluding carboxylic acids is 1. The van der Waals surface area contributed by atoms with Crippen molar-refractivity contribution in [2.45, 2.75) is 18.8 Å². The number of fused-ring (bicyclic) bond motifs is 1. The quantitative estimate of drug-likeness (QED) is 0.649. The molecule has 1 amide bonds. The maximum absolute atomic E-state index is 12.9. The maximum Gasteiger partial charge on any atom is 0.335 e. The summed E-state index contributed by atoms with van der Waals surface area (Å²) in [6.45, 7) is 0. The van der Waals surface area contributed by atoms with Gasteiger partial charge in [-0.25, -0.2) is 4.79 Å². The summed E-state index contributed by atoms with van der Waals surface area (Å²) < 4.78 is 0. The molecule has 28 heavy (non-hydrogen) atoms. The fraction of sp³-hybridized carbons (Fsp3) is 0.143. The van der Waals surface area contributed by atoms with Crippen molar-refractivity contribution in [3.8, 4) is 0 Å². The number of carboxylic acids is 1. The summed E-state index contributed by atoms with van der Waals surface area (Å²) in [6.07, 6.45) is 5.83. The predicted octanol–water partition coefficient (Wildman–Crippen LogP) is 2.80. The third-order valence-corrected chi connectivity index (χ3v) is 5.03. The molecule has 1 aromatic carbocycles. The van der Waals surface area contributed by atoms with Crippen molar-refractivity contribution in [3.05, 3.63) is 93.2 Å². The molecule has 1 unspecified atom stereocenters. The number of benzene rings is 1. The van der Waals surface area contributed by atoms with Gasteiger partial charge in [0.1, 0.15) is 5.56 Å². The zero-order valence-corrected chi connectivity index (χ0v) is 14.8. The van der Waals surface area contributed by atoms with E-state index in [1.165, 1.54) is 6.20 Å². The molecule has 7 nitrogen and oxygen atoms in total. The number of pyridine rings is 2. The minimum Gasteiger partial charge on any atom is -0.478 e. The summed E-state index contributed by atoms with van der Waals surface area (Å²) in [6, 6.07) is 10.1. The lowest BCUT2D eigenvalue weighted by molar-refractivity contribution is 0.0695. The average Bonchev–Trinajstić information content (AvgIpc) is 3.12. The minimum absolute atomic E-state index is 0.0397. The second kappa shape index (κ2) is 7.11. The van der Waals surface area contributed by atoms with Crippen LogP contribution in [0.5, 0.6) is 0 Å². The summed E-state index contributed by atoms with van der Waals surface area (Å²) in [5.41, 5.74) is 2.58. The van der Waals surface area contributed by atoms with Crippen LogP contribution in [0.15, 0.2) is 59.8 Å². The van der Waals surface area contributed by atoms with Crippen LogP contribution in [0.25, 0.3) is 0 Å². The number of amides is 1. The predicted molar refractivity (Wildman–Crippen MR) is 103 cm³/mol. The fourth-order valence-electron chi connectivity index (χ4n) is 3.82. The van der Waals surface area contributed by atoms with E-state index in [0.29, 0.717) is 24.1 Å². The van der Waals surface area contributed by atoms with Gasteiger partial charge >= 0.3 is 5.97 Å². The number of aromatic nitrogens is 2. The summed E-state index contributed by atoms with van der Waals surface area (Å²) in [4.78, 5) is 43.3. The van der Waals surface area contributed by atoms with Crippen molar-refractivity contribution in [1.82, 2.24) is 9.97 Å². The molecule has 0 radical (unpaired) electrons. The summed E-state index contributed by atoms with van der Waals surface area (Å²) in [5.74, 6) is -1.69. The van der Waals surface area contributed by atoms with Crippen LogP contribution in [-0.2, 0) is 6.42 Å². The molecule has 0 saturated carbocycles. The van der Waals surface area contributed by atoms with E-state index in [-0.39, 0.29) is 17.0 Å². The largest absolute Gasteiger partial charge is 0.478 e. The Morgan fingerprint density at radius 2 is 1.89 bits per heavy atom. The van der Waals surface area contributed by atoms with Crippen LogP contribution >= 0.6 is 0 Å². The van der Waals surface area contributed by atoms with Crippen molar-refractivity contribution in [2.75, 3.05) is 5.32 Å². The highest BCUT2D eigenvalue weighted by molar-refractivity contribution is 6.05. The van der Waals surface area contributed by atoms with Crippen molar-refractivity contribution in [1.29, 1.82) is 0 Å². The molecular formula is C21H17N3O4. The number of rotatable bonds is 4. The number of anilines is 1. The molecule has 140 valence electrons. The summed E-state index contributed by atoms with van der Waals surface area (Å²) in [7, 11) is 0. The molecule has 7 heteroatoms. The first-order chi connectivity index (χ1) is 13.6. The van der Waals surface area contributed by atoms with Crippen molar-refractivity contribution in [3.63, 3.8) is 0 Å². The first-order valence-electron chi connectivity index (χ1n) is 8.84. The third-order valence-electron chi connectivity index (χ3n) is 5.03. The van der Waals surface area contributed by atoms with Gasteiger partial charge in [0.25, 0.3) is 11.5 Å². The Balaban J connectivity index is 1.77. The van der Waals surface area contributed by atoms with Gasteiger partial charge in [-0.15, -0.1) is 0 Å². The van der Waals surface area contributed by atoms with E-state index in [9.17, 15) is 19.5 Å². The second-order valence-electron chi connectivity index (χ2n) is 6.60. The SMILES string of the molecule is O=C(O)c1cccc2c1CCC2c1cc[nH]c(=O)c1C(=O)Nc1ccncc1. The Morgan fingerprint density at radius 3 is 2.64 bits per heavy atom. The van der Waals surface area contributed by atoms with Crippen LogP contribution in [0.2, 0.25) is 0 Å². The van der Waals surface area contributed by atoms with Crippen LogP contribution < -0.4 is 10.9 Å². The van der Waals surface area contributed by atoms with Crippen molar-refractivity contribution in [2.24, 2.45) is 0 Å². The van der Waals surface area contributed by atoms with E-state index >= 15 is 0 Å². The molecule has 1 aliphatic carbocycles. The lowest BCUT2D eigenvalue weighted by Crippen LogP contribution is -2.26. The van der Waals surface area contributed by atoms with Gasteiger partial charge in [-0.3, -0.25) is 14.6 Å². The molecule has 0 saturated heterocycles. The first-order valence-corrected chi connectivity index (χ1v) is 8.84. The Bertz CT molecular complexity index is 1120. The standard InChI is InChI=1S/C21H17N3O4/c25-19-18(20(26)24-12-6-9-22-10-7-12)16(8-11-23-19)14-4-5-15-13(14)2-1-3-17(15)21(27)28/h1-3,6-11,14H,4-5H2,(H,23,25)(H,27,28)(H,22,24,26). The fourth-order valence-corrected chi connectivity index (χ4v) is 3.82. The van der Waals surface area contributed by atoms with Crippen molar-refractivity contribution >= 4 is 17.6 Å². The molecule has 3 aromatic rings. The molecule has 0 aliphatic heterocycles. The van der Waals surface area contributed by atoms with Gasteiger partial charge in [0.15, 0.2) is 0 Å². The summed E-state index contributed by atoms with van der Waals surface area (Å²) >= 11 is 0. The first kappa shape index (κ1) is 17.7. The van der Waals surface area contributed by atoms with Gasteiger partial charge in [0, 0.05) is 30.2 Å². The number of nitrogens with one attached hydrogen (secondary N) is 2. The molecule has 2 aromatic heterocycles. The number of hydrogen-bond donors (Lipinski definition) is 3. The molecular weight excluding hydrogens is 358 g/mol. The zero-order valence-electron chi connectivity index (χ0n) is 14.8. The molecule has 4 rings (SSSR count). The minimum atomic E-state index is -0.973. The van der Waals surface area contributed by atoms with Gasteiger partial charge in [0.2, 0.25) is 0 Å². The lowest BCUT2D eigenvalue weighted by Gasteiger charge is -2.16. The van der Waals surface area contributed by atoms with Gasteiger partial charge in [-0.1, -0.05) is 12.1 Å². The highest BCUT2D eigenvalue weighted by Crippen LogP contribution is 2.40. The smallest absolute Gasteiger partial charge is 0.335 e. The monoisotopic (exact) mass is 375 g/mol. The number of nitrogens with zero attached hydrogens (tertiary/aromatic N) is 1. The number of hydrogen-bond acceptors (Lipinski definition) is 4. The second-order valence-corrected chi connectivity index (χ2v) is 6.60. The molecule has 0 bridgehead atoms. The van der Waals surface area contributed by atoms with Crippen LogP contribution in [-0.4, -0.2) is 27.0 Å². The Labute approximate surface area is 160 Å². The van der Waals surface area contributed by atoms with E-state index in [2.05, 4.69) is 15.3 Å².